The third-order valence-electron chi connectivity index (χ3n) is 1.58. The highest BCUT2D eigenvalue weighted by Crippen LogP contribution is 2.27. The van der Waals surface area contributed by atoms with Crippen LogP contribution in [0.5, 0.6) is 0 Å². The van der Waals surface area contributed by atoms with E-state index in [-0.39, 0.29) is 16.8 Å². The molecule has 1 saturated heterocycles. The smallest absolute Gasteiger partial charge is 0.219 e. The van der Waals surface area contributed by atoms with Crippen molar-refractivity contribution in [1.82, 2.24) is 5.32 Å². The standard InChI is InChI=1S/C7H14N2OS/c1-7(2)4-11-6(9-7)3-5(8)10/h6,9H,3-4H2,1-2H3,(H2,8,10). The molecule has 0 spiro atoms. The Morgan fingerprint density at radius 3 is 2.82 bits per heavy atom. The summed E-state index contributed by atoms with van der Waals surface area (Å²) < 4.78 is 0. The van der Waals surface area contributed by atoms with E-state index in [1.165, 1.54) is 0 Å². The summed E-state index contributed by atoms with van der Waals surface area (Å²) in [5.74, 6) is 0.818. The van der Waals surface area contributed by atoms with Crippen LogP contribution in [0.25, 0.3) is 0 Å². The SMILES string of the molecule is CC1(C)CSC(CC(N)=O)N1. The van der Waals surface area contributed by atoms with Crippen LogP contribution in [0, 0.1) is 0 Å². The number of hydrogen-bond donors (Lipinski definition) is 2. The second-order valence-electron chi connectivity index (χ2n) is 3.50. The van der Waals surface area contributed by atoms with Crippen molar-refractivity contribution in [2.45, 2.75) is 31.2 Å². The summed E-state index contributed by atoms with van der Waals surface area (Å²) in [6.07, 6.45) is 0.439. The molecule has 1 rings (SSSR count). The minimum atomic E-state index is -0.229. The second-order valence-corrected chi connectivity index (χ2v) is 4.69. The van der Waals surface area contributed by atoms with Crippen LogP contribution in [0.3, 0.4) is 0 Å². The molecule has 0 saturated carbocycles. The van der Waals surface area contributed by atoms with E-state index in [1.807, 2.05) is 0 Å². The summed E-state index contributed by atoms with van der Waals surface area (Å²) in [6, 6.07) is 0. The summed E-state index contributed by atoms with van der Waals surface area (Å²) in [5.41, 5.74) is 5.23. The largest absolute Gasteiger partial charge is 0.370 e. The molecule has 11 heavy (non-hydrogen) atoms. The maximum Gasteiger partial charge on any atom is 0.219 e. The highest BCUT2D eigenvalue weighted by atomic mass is 32.2. The third kappa shape index (κ3) is 2.71. The average molecular weight is 174 g/mol. The van der Waals surface area contributed by atoms with E-state index in [0.717, 1.165) is 5.75 Å². The van der Waals surface area contributed by atoms with Crippen molar-refractivity contribution in [2.75, 3.05) is 5.75 Å². The summed E-state index contributed by atoms with van der Waals surface area (Å²) >= 11 is 1.77. The number of primary amides is 1. The van der Waals surface area contributed by atoms with Gasteiger partial charge in [0, 0.05) is 11.3 Å². The van der Waals surface area contributed by atoms with Gasteiger partial charge >= 0.3 is 0 Å². The van der Waals surface area contributed by atoms with Crippen LogP contribution < -0.4 is 11.1 Å². The van der Waals surface area contributed by atoms with Gasteiger partial charge in [0.1, 0.15) is 0 Å². The lowest BCUT2D eigenvalue weighted by molar-refractivity contribution is -0.118. The molecular weight excluding hydrogens is 160 g/mol. The molecule has 0 aromatic carbocycles. The van der Waals surface area contributed by atoms with E-state index < -0.39 is 0 Å². The Kier molecular flexibility index (Phi) is 2.44. The van der Waals surface area contributed by atoms with E-state index in [1.54, 1.807) is 11.8 Å². The average Bonchev–Trinajstić information content (AvgIpc) is 2.08. The van der Waals surface area contributed by atoms with Gasteiger partial charge < -0.3 is 5.73 Å². The molecule has 1 fully saturated rings. The maximum absolute atomic E-state index is 10.5. The van der Waals surface area contributed by atoms with E-state index in [4.69, 9.17) is 5.73 Å². The lowest BCUT2D eigenvalue weighted by Gasteiger charge is -2.17. The number of carbonyl (C=O) groups is 1. The molecule has 1 atom stereocenters. The predicted molar refractivity (Wildman–Crippen MR) is 47.3 cm³/mol. The Morgan fingerprint density at radius 1 is 1.82 bits per heavy atom. The van der Waals surface area contributed by atoms with E-state index >= 15 is 0 Å². The first-order chi connectivity index (χ1) is 4.99. The zero-order chi connectivity index (χ0) is 8.48. The van der Waals surface area contributed by atoms with Crippen LogP contribution in [0.15, 0.2) is 0 Å². The first-order valence-electron chi connectivity index (χ1n) is 3.67. The van der Waals surface area contributed by atoms with Crippen LogP contribution in [-0.4, -0.2) is 22.6 Å². The van der Waals surface area contributed by atoms with Crippen molar-refractivity contribution < 1.29 is 4.79 Å². The zero-order valence-corrected chi connectivity index (χ0v) is 7.70. The number of thioether (sulfide) groups is 1. The first kappa shape index (κ1) is 8.87. The van der Waals surface area contributed by atoms with Crippen LogP contribution >= 0.6 is 11.8 Å². The lowest BCUT2D eigenvalue weighted by Crippen LogP contribution is -2.40. The van der Waals surface area contributed by atoms with Crippen molar-refractivity contribution >= 4 is 17.7 Å². The molecule has 3 nitrogen and oxygen atoms in total. The highest BCUT2D eigenvalue weighted by molar-refractivity contribution is 8.00. The van der Waals surface area contributed by atoms with Gasteiger partial charge in [-0.25, -0.2) is 0 Å². The fourth-order valence-corrected chi connectivity index (χ4v) is 2.51. The van der Waals surface area contributed by atoms with Gasteiger partial charge in [-0.2, -0.15) is 0 Å². The normalized spacial score (nSPS) is 28.7. The zero-order valence-electron chi connectivity index (χ0n) is 6.89. The van der Waals surface area contributed by atoms with Gasteiger partial charge in [-0.3, -0.25) is 10.1 Å². The summed E-state index contributed by atoms with van der Waals surface area (Å²) in [5, 5.41) is 3.55. The van der Waals surface area contributed by atoms with Gasteiger partial charge in [0.05, 0.1) is 11.8 Å². The van der Waals surface area contributed by atoms with Crippen molar-refractivity contribution in [3.8, 4) is 0 Å². The fraction of sp³-hybridized carbons (Fsp3) is 0.857. The van der Waals surface area contributed by atoms with E-state index in [0.29, 0.717) is 6.42 Å². The molecule has 0 aromatic rings. The molecule has 1 heterocycles. The van der Waals surface area contributed by atoms with Gasteiger partial charge in [-0.15, -0.1) is 11.8 Å². The molecule has 1 amide bonds. The molecule has 4 heteroatoms. The Balaban J connectivity index is 2.36. The van der Waals surface area contributed by atoms with Crippen LogP contribution in [0.1, 0.15) is 20.3 Å². The quantitative estimate of drug-likeness (QED) is 0.633. The first-order valence-corrected chi connectivity index (χ1v) is 4.72. The van der Waals surface area contributed by atoms with Crippen LogP contribution in [-0.2, 0) is 4.79 Å². The maximum atomic E-state index is 10.5. The van der Waals surface area contributed by atoms with Gasteiger partial charge in [0.15, 0.2) is 0 Å². The minimum absolute atomic E-state index is 0.158. The monoisotopic (exact) mass is 174 g/mol. The molecule has 1 aliphatic rings. The van der Waals surface area contributed by atoms with Crippen molar-refractivity contribution in [3.63, 3.8) is 0 Å². The predicted octanol–water partition coefficient (Wildman–Crippen LogP) is 0.303. The molecule has 0 radical (unpaired) electrons. The third-order valence-corrected chi connectivity index (χ3v) is 3.16. The molecule has 3 N–H and O–H groups in total. The molecular formula is C7H14N2OS. The number of amides is 1. The summed E-state index contributed by atoms with van der Waals surface area (Å²) in [4.78, 5) is 10.5. The van der Waals surface area contributed by atoms with E-state index in [2.05, 4.69) is 19.2 Å². The Morgan fingerprint density at radius 2 is 2.45 bits per heavy atom. The van der Waals surface area contributed by atoms with Gasteiger partial charge in [0.2, 0.25) is 5.91 Å². The molecule has 1 unspecified atom stereocenters. The van der Waals surface area contributed by atoms with Gasteiger partial charge in [-0.1, -0.05) is 0 Å². The van der Waals surface area contributed by atoms with Crippen molar-refractivity contribution in [1.29, 1.82) is 0 Å². The summed E-state index contributed by atoms with van der Waals surface area (Å²) in [6.45, 7) is 4.25. The number of rotatable bonds is 2. The van der Waals surface area contributed by atoms with Crippen molar-refractivity contribution in [3.05, 3.63) is 0 Å². The van der Waals surface area contributed by atoms with Gasteiger partial charge in [-0.05, 0) is 13.8 Å². The van der Waals surface area contributed by atoms with Crippen LogP contribution in [0.4, 0.5) is 0 Å². The molecule has 0 bridgehead atoms. The number of nitrogens with two attached hydrogens (primary N) is 1. The Bertz CT molecular complexity index is 170. The Hall–Kier alpha value is -0.220. The molecule has 0 aromatic heterocycles. The highest BCUT2D eigenvalue weighted by Gasteiger charge is 2.30. The lowest BCUT2D eigenvalue weighted by atomic mass is 10.1. The summed E-state index contributed by atoms with van der Waals surface area (Å²) in [7, 11) is 0. The molecule has 0 aliphatic carbocycles. The van der Waals surface area contributed by atoms with Crippen molar-refractivity contribution in [2.24, 2.45) is 5.73 Å². The fourth-order valence-electron chi connectivity index (χ4n) is 1.12. The number of carbonyl (C=O) groups excluding carboxylic acids is 1. The molecule has 64 valence electrons. The molecule has 1 aliphatic heterocycles. The minimum Gasteiger partial charge on any atom is -0.370 e. The number of nitrogens with one attached hydrogen (secondary N) is 1. The topological polar surface area (TPSA) is 55.1 Å². The van der Waals surface area contributed by atoms with Crippen LogP contribution in [0.2, 0.25) is 0 Å². The van der Waals surface area contributed by atoms with E-state index in [9.17, 15) is 4.79 Å². The Labute approximate surface area is 71.1 Å². The van der Waals surface area contributed by atoms with Gasteiger partial charge in [0.25, 0.3) is 0 Å². The second kappa shape index (κ2) is 3.03. The number of hydrogen-bond acceptors (Lipinski definition) is 3.